The topological polar surface area (TPSA) is 111 Å². The minimum atomic E-state index is -0.489. The standard InChI is InChI=1S/C16H11ClN4O4S/c17-13-7-6-12(26-13)9-15-19-20-16(25-15)18-14(22)8-3-10-1-4-11(5-2-10)21(23)24/h1-8H,9H2,(H,18,20,22)/b8-3-. The van der Waals surface area contributed by atoms with E-state index in [-0.39, 0.29) is 11.7 Å². The van der Waals surface area contributed by atoms with E-state index in [0.29, 0.717) is 22.2 Å². The van der Waals surface area contributed by atoms with E-state index in [1.165, 1.54) is 35.6 Å². The number of hydrogen-bond acceptors (Lipinski definition) is 7. The predicted octanol–water partition coefficient (Wildman–Crippen LogP) is 3.94. The summed E-state index contributed by atoms with van der Waals surface area (Å²) in [6.07, 6.45) is 3.22. The molecule has 0 spiro atoms. The minimum absolute atomic E-state index is 0.0130. The van der Waals surface area contributed by atoms with Gasteiger partial charge in [-0.1, -0.05) is 16.7 Å². The Morgan fingerprint density at radius 1 is 1.27 bits per heavy atom. The van der Waals surface area contributed by atoms with Crippen LogP contribution < -0.4 is 5.32 Å². The smallest absolute Gasteiger partial charge is 0.322 e. The largest absolute Gasteiger partial charge is 0.407 e. The summed E-state index contributed by atoms with van der Waals surface area (Å²) >= 11 is 7.28. The van der Waals surface area contributed by atoms with Crippen LogP contribution in [0.2, 0.25) is 4.34 Å². The summed E-state index contributed by atoms with van der Waals surface area (Å²) in [5.41, 5.74) is 0.628. The number of rotatable bonds is 6. The van der Waals surface area contributed by atoms with Gasteiger partial charge in [0.05, 0.1) is 15.7 Å². The number of amides is 1. The number of benzene rings is 1. The second-order valence-electron chi connectivity index (χ2n) is 5.05. The summed E-state index contributed by atoms with van der Waals surface area (Å²) in [4.78, 5) is 23.0. The van der Waals surface area contributed by atoms with E-state index in [0.717, 1.165) is 4.88 Å². The quantitative estimate of drug-likeness (QED) is 0.387. The molecule has 8 nitrogen and oxygen atoms in total. The number of nitro groups is 1. The molecular weight excluding hydrogens is 380 g/mol. The maximum absolute atomic E-state index is 11.9. The van der Waals surface area contributed by atoms with E-state index in [1.54, 1.807) is 18.2 Å². The Labute approximate surface area is 156 Å². The first-order valence-electron chi connectivity index (χ1n) is 7.30. The number of thiophene rings is 1. The summed E-state index contributed by atoms with van der Waals surface area (Å²) in [7, 11) is 0. The molecule has 0 atom stereocenters. The Hall–Kier alpha value is -3.04. The highest BCUT2D eigenvalue weighted by Crippen LogP contribution is 2.23. The molecule has 0 aliphatic rings. The Kier molecular flexibility index (Phi) is 5.40. The fourth-order valence-electron chi connectivity index (χ4n) is 2.00. The van der Waals surface area contributed by atoms with E-state index in [9.17, 15) is 14.9 Å². The number of non-ortho nitro benzene ring substituents is 1. The fourth-order valence-corrected chi connectivity index (χ4v) is 3.08. The number of nitrogens with zero attached hydrogens (tertiary/aromatic N) is 3. The molecule has 1 amide bonds. The highest BCUT2D eigenvalue weighted by Gasteiger charge is 2.10. The van der Waals surface area contributed by atoms with Crippen molar-refractivity contribution >= 4 is 46.6 Å². The first-order valence-corrected chi connectivity index (χ1v) is 8.49. The summed E-state index contributed by atoms with van der Waals surface area (Å²) in [6.45, 7) is 0. The van der Waals surface area contributed by atoms with E-state index in [2.05, 4.69) is 15.5 Å². The van der Waals surface area contributed by atoms with Gasteiger partial charge in [-0.15, -0.1) is 16.4 Å². The molecule has 0 saturated heterocycles. The van der Waals surface area contributed by atoms with Gasteiger partial charge in [0.2, 0.25) is 5.89 Å². The van der Waals surface area contributed by atoms with Crippen LogP contribution in [0.5, 0.6) is 0 Å². The third-order valence-electron chi connectivity index (χ3n) is 3.18. The molecule has 0 unspecified atom stereocenters. The van der Waals surface area contributed by atoms with Crippen LogP contribution in [0.4, 0.5) is 11.7 Å². The normalized spacial score (nSPS) is 11.0. The van der Waals surface area contributed by atoms with Crippen LogP contribution in [-0.2, 0) is 11.2 Å². The summed E-state index contributed by atoms with van der Waals surface area (Å²) in [6, 6.07) is 9.43. The monoisotopic (exact) mass is 390 g/mol. The highest BCUT2D eigenvalue weighted by atomic mass is 35.5. The zero-order valence-corrected chi connectivity index (χ0v) is 14.7. The molecule has 10 heteroatoms. The minimum Gasteiger partial charge on any atom is -0.407 e. The molecule has 0 aliphatic heterocycles. The molecule has 2 heterocycles. The van der Waals surface area contributed by atoms with Gasteiger partial charge in [0, 0.05) is 23.1 Å². The molecule has 0 bridgehead atoms. The van der Waals surface area contributed by atoms with Gasteiger partial charge in [0.25, 0.3) is 11.6 Å². The van der Waals surface area contributed by atoms with Gasteiger partial charge < -0.3 is 4.42 Å². The molecule has 26 heavy (non-hydrogen) atoms. The molecule has 0 aliphatic carbocycles. The summed E-state index contributed by atoms with van der Waals surface area (Å²) < 4.78 is 6.03. The van der Waals surface area contributed by atoms with Gasteiger partial charge in [0.1, 0.15) is 0 Å². The van der Waals surface area contributed by atoms with E-state index < -0.39 is 10.8 Å². The van der Waals surface area contributed by atoms with Gasteiger partial charge in [-0.25, -0.2) is 0 Å². The molecule has 132 valence electrons. The van der Waals surface area contributed by atoms with Crippen molar-refractivity contribution in [2.24, 2.45) is 0 Å². The number of carbonyl (C=O) groups excluding carboxylic acids is 1. The first-order chi connectivity index (χ1) is 12.5. The second kappa shape index (κ2) is 7.89. The molecule has 0 fully saturated rings. The molecule has 3 rings (SSSR count). The number of nitrogens with one attached hydrogen (secondary N) is 1. The van der Waals surface area contributed by atoms with E-state index in [4.69, 9.17) is 16.0 Å². The molecular formula is C16H11ClN4O4S. The van der Waals surface area contributed by atoms with Gasteiger partial charge in [-0.3, -0.25) is 20.2 Å². The third-order valence-corrected chi connectivity index (χ3v) is 4.41. The first kappa shape index (κ1) is 17.8. The van der Waals surface area contributed by atoms with Crippen LogP contribution in [-0.4, -0.2) is 21.0 Å². The highest BCUT2D eigenvalue weighted by molar-refractivity contribution is 7.16. The average Bonchev–Trinajstić information content (AvgIpc) is 3.22. The molecule has 1 N–H and O–H groups in total. The van der Waals surface area contributed by atoms with Gasteiger partial charge in [-0.2, -0.15) is 0 Å². The molecule has 0 radical (unpaired) electrons. The lowest BCUT2D eigenvalue weighted by molar-refractivity contribution is -0.384. The van der Waals surface area contributed by atoms with Crippen LogP contribution in [0.3, 0.4) is 0 Å². The van der Waals surface area contributed by atoms with Crippen molar-refractivity contribution in [3.63, 3.8) is 0 Å². The van der Waals surface area contributed by atoms with Crippen molar-refractivity contribution in [1.82, 2.24) is 10.2 Å². The van der Waals surface area contributed by atoms with Gasteiger partial charge in [-0.05, 0) is 35.9 Å². The van der Waals surface area contributed by atoms with Crippen molar-refractivity contribution in [2.45, 2.75) is 6.42 Å². The second-order valence-corrected chi connectivity index (χ2v) is 6.85. The van der Waals surface area contributed by atoms with E-state index >= 15 is 0 Å². The number of nitro benzene ring substituents is 1. The number of hydrogen-bond donors (Lipinski definition) is 1. The number of carbonyl (C=O) groups is 1. The number of anilines is 1. The average molecular weight is 391 g/mol. The lowest BCUT2D eigenvalue weighted by Crippen LogP contribution is -2.07. The van der Waals surface area contributed by atoms with Crippen LogP contribution in [0.25, 0.3) is 6.08 Å². The number of aromatic nitrogens is 2. The maximum atomic E-state index is 11.9. The predicted molar refractivity (Wildman–Crippen MR) is 97.2 cm³/mol. The Balaban J connectivity index is 1.57. The van der Waals surface area contributed by atoms with Crippen LogP contribution >= 0.6 is 22.9 Å². The zero-order chi connectivity index (χ0) is 18.5. The van der Waals surface area contributed by atoms with Crippen molar-refractivity contribution < 1.29 is 14.1 Å². The summed E-state index contributed by atoms with van der Waals surface area (Å²) in [5, 5.41) is 20.7. The Morgan fingerprint density at radius 3 is 2.69 bits per heavy atom. The van der Waals surface area contributed by atoms with Gasteiger partial charge >= 0.3 is 6.01 Å². The zero-order valence-electron chi connectivity index (χ0n) is 13.1. The molecule has 2 aromatic heterocycles. The lowest BCUT2D eigenvalue weighted by Gasteiger charge is -1.95. The fraction of sp³-hybridized carbons (Fsp3) is 0.0625. The summed E-state index contributed by atoms with van der Waals surface area (Å²) in [5.74, 6) is -0.101. The SMILES string of the molecule is O=C(/C=C\c1ccc([N+](=O)[O-])cc1)Nc1nnc(Cc2ccc(Cl)s2)o1. The van der Waals surface area contributed by atoms with Gasteiger partial charge in [0.15, 0.2) is 0 Å². The molecule has 0 saturated carbocycles. The van der Waals surface area contributed by atoms with Crippen LogP contribution in [0.1, 0.15) is 16.3 Å². The van der Waals surface area contributed by atoms with Crippen molar-refractivity contribution in [2.75, 3.05) is 5.32 Å². The molecule has 1 aromatic carbocycles. The maximum Gasteiger partial charge on any atom is 0.322 e. The Morgan fingerprint density at radius 2 is 2.04 bits per heavy atom. The third kappa shape index (κ3) is 4.74. The van der Waals surface area contributed by atoms with Crippen LogP contribution in [0.15, 0.2) is 46.9 Å². The van der Waals surface area contributed by atoms with Crippen LogP contribution in [0, 0.1) is 10.1 Å². The Bertz CT molecular complexity index is 965. The molecule has 3 aromatic rings. The number of halogens is 1. The van der Waals surface area contributed by atoms with Crippen molar-refractivity contribution in [3.05, 3.63) is 73.3 Å². The van der Waals surface area contributed by atoms with Crippen molar-refractivity contribution in [3.8, 4) is 0 Å². The van der Waals surface area contributed by atoms with Crippen molar-refractivity contribution in [1.29, 1.82) is 0 Å². The lowest BCUT2D eigenvalue weighted by atomic mass is 10.2. The van der Waals surface area contributed by atoms with E-state index in [1.807, 2.05) is 6.07 Å².